The third kappa shape index (κ3) is 25.7. The molecule has 5 amide bonds. The van der Waals surface area contributed by atoms with Gasteiger partial charge in [0.25, 0.3) is 0 Å². The first kappa shape index (κ1) is 102. The Labute approximate surface area is 856 Å². The number of pyridine rings is 1. The molecule has 758 valence electrons. The fourth-order valence-electron chi connectivity index (χ4n) is 19.5. The van der Waals surface area contributed by atoms with E-state index in [0.717, 1.165) is 198 Å². The zero-order chi connectivity index (χ0) is 103. The SMILES string of the molecule is CC(=O)Cc1cccc(-c2cccc3c2N[C@H](C)CC(=O)N3)c1.CCOCCn1c(-c2cccc3c2N[C@H](C)CC(=O)C3)cc2ccccc21.C[C@@H]1CC(=O)Nc2cccc(-c3ccc(N4CCOCC4)nc3)c2N1.C[C@@H]1CC(=O)Nc2cccc(-c3ccc(S(N)(=O)=O)cc3)c2N1.C[C@@H]1CC(=O)Nc2cccc(-c3ccc4c(c3)OCCO4)c2N1.C[C@@H]1CC(=O)Nc2cccc(-c3cn(C)nc3Cc3ccccc3)c2N1. The summed E-state index contributed by atoms with van der Waals surface area (Å²) >= 11 is 0. The topological polar surface area (TPSA) is 388 Å². The molecule has 31 heteroatoms. The van der Waals surface area contributed by atoms with Gasteiger partial charge in [0.05, 0.1) is 93.0 Å². The Balaban J connectivity index is 0.000000121. The van der Waals surface area contributed by atoms with Gasteiger partial charge in [0, 0.05) is 201 Å². The second-order valence-electron chi connectivity index (χ2n) is 38.2. The third-order valence-corrected chi connectivity index (χ3v) is 27.1. The molecule has 3 aromatic heterocycles. The summed E-state index contributed by atoms with van der Waals surface area (Å²) < 4.78 is 49.2. The van der Waals surface area contributed by atoms with Crippen LogP contribution in [-0.2, 0) is 85.9 Å². The summed E-state index contributed by atoms with van der Waals surface area (Å²) in [5, 5.41) is 46.6. The maximum absolute atomic E-state index is 12.2. The number of ketones is 2. The van der Waals surface area contributed by atoms with Crippen molar-refractivity contribution in [1.29, 1.82) is 0 Å². The molecule has 22 rings (SSSR count). The fraction of sp³-hybridized carbons (Fsp3) is 0.284. The van der Waals surface area contributed by atoms with Crippen molar-refractivity contribution in [2.45, 2.75) is 161 Å². The van der Waals surface area contributed by atoms with Gasteiger partial charge in [-0.3, -0.25) is 38.2 Å². The van der Waals surface area contributed by atoms with Crippen molar-refractivity contribution in [3.8, 4) is 78.4 Å². The molecule has 8 aliphatic rings. The standard InChI is InChI=1S/C23H26N2O2.C21H22N4O.C19H22N4O2.C19H20N2O2.C18H18N2O3.C16H17N3O3S/c1-3-27-12-11-25-21-10-5-4-7-17(21)15-22(25)20-9-6-8-18-14-19(26)13-16(2)24-23(18)20;1-14-11-20(26)23-18-10-6-9-16(21(18)22-14)17-13-25(2)24-19(17)12-15-7-4-3-5-8-15;1-13-11-18(24)22-16-4-2-3-15(19(16)21-13)14-5-6-17(20-12-14)23-7-9-25-10-8-23;1-12-9-18(23)21-17-8-4-7-16(19(17)20-12)15-6-3-5-14(11-15)10-13(2)22;1-11-9-17(21)20-14-4-2-3-13(18(14)19-11)12-5-6-15-16(10-12)23-8-7-22-15;1-10-9-15(20)19-14-4-2-3-13(16(14)18-10)11-5-7-12(8-6-11)23(17,21)22/h4-10,15-16,24H,3,11-14H2,1-2H3;3-10,13-14,22H,11-12H2,1-2H3,(H,23,26);2-6,12-13,21H,7-11H2,1H3,(H,22,24);3-8,11-12,20H,9-10H2,1-2H3,(H,21,23);2-6,10-11,19H,7-9H2,1H3,(H,20,21);2-8,10,18H,9H2,1H3,(H,19,20)(H2,17,21,22)/t16-;14-;13-;12-;11-;10-/m111111/s1. The molecule has 13 N–H and O–H groups in total. The Morgan fingerprint density at radius 1 is 0.442 bits per heavy atom. The summed E-state index contributed by atoms with van der Waals surface area (Å²) in [4.78, 5) is 90.1. The number of fused-ring (bicyclic) bond motifs is 8. The summed E-state index contributed by atoms with van der Waals surface area (Å²) in [6.45, 7) is 22.3. The number of aromatic nitrogens is 4. The van der Waals surface area contributed by atoms with E-state index in [2.05, 4.69) is 165 Å². The molecule has 147 heavy (non-hydrogen) atoms. The van der Waals surface area contributed by atoms with E-state index in [9.17, 15) is 42.0 Å². The molecule has 6 atom stereocenters. The summed E-state index contributed by atoms with van der Waals surface area (Å²) in [5.41, 5.74) is 27.7. The van der Waals surface area contributed by atoms with E-state index in [1.165, 1.54) is 34.3 Å². The Morgan fingerprint density at radius 2 is 0.891 bits per heavy atom. The van der Waals surface area contributed by atoms with Crippen LogP contribution in [0.4, 0.5) is 68.4 Å². The fourth-order valence-corrected chi connectivity index (χ4v) is 20.1. The predicted octanol–water partition coefficient (Wildman–Crippen LogP) is 20.2. The molecule has 11 aromatic carbocycles. The van der Waals surface area contributed by atoms with E-state index in [1.807, 2.05) is 205 Å². The normalized spacial score (nSPS) is 17.8. The number of primary sulfonamides is 1. The predicted molar refractivity (Wildman–Crippen MR) is 585 cm³/mol. The first-order chi connectivity index (χ1) is 71.0. The molecule has 11 heterocycles. The zero-order valence-electron chi connectivity index (χ0n) is 84.0. The lowest BCUT2D eigenvalue weighted by atomic mass is 9.98. The summed E-state index contributed by atoms with van der Waals surface area (Å²) in [7, 11) is -1.77. The molecule has 30 nitrogen and oxygen atoms in total. The molecular formula is C116H125N17O13S. The van der Waals surface area contributed by atoms with Gasteiger partial charge in [-0.2, -0.15) is 5.10 Å². The zero-order valence-corrected chi connectivity index (χ0v) is 84.9. The largest absolute Gasteiger partial charge is 0.486 e. The highest BCUT2D eigenvalue weighted by atomic mass is 32.2. The molecule has 0 aliphatic carbocycles. The maximum atomic E-state index is 12.2. The number of anilines is 12. The molecule has 1 fully saturated rings. The summed E-state index contributed by atoms with van der Waals surface area (Å²) in [6.07, 6.45) is 8.42. The number of carbonyl (C=O) groups excluding carboxylic acids is 7. The second kappa shape index (κ2) is 46.8. The number of nitrogens with one attached hydrogen (secondary N) is 11. The number of nitrogens with two attached hydrogens (primary N) is 1. The molecular weight excluding hydrogens is 1870 g/mol. The van der Waals surface area contributed by atoms with E-state index in [0.29, 0.717) is 82.7 Å². The number of para-hydroxylation sites is 7. The van der Waals surface area contributed by atoms with Gasteiger partial charge in [-0.25, -0.2) is 18.5 Å². The van der Waals surface area contributed by atoms with Crippen LogP contribution in [0.1, 0.15) is 116 Å². The minimum absolute atomic E-state index is 0.00101. The number of amides is 5. The van der Waals surface area contributed by atoms with Crippen molar-refractivity contribution >= 4 is 130 Å². The number of nitrogens with zero attached hydrogens (tertiary/aromatic N) is 5. The van der Waals surface area contributed by atoms with E-state index >= 15 is 0 Å². The highest BCUT2D eigenvalue weighted by molar-refractivity contribution is 7.89. The molecule has 0 unspecified atom stereocenters. The monoisotopic (exact) mass is 2000 g/mol. The Hall–Kier alpha value is -16.0. The minimum atomic E-state index is -3.71. The van der Waals surface area contributed by atoms with Crippen LogP contribution in [0.25, 0.3) is 77.8 Å². The lowest BCUT2D eigenvalue weighted by Gasteiger charge is -2.27. The first-order valence-corrected chi connectivity index (χ1v) is 51.6. The Bertz CT molecular complexity index is 7310. The number of Topliss-reactive ketones (excluding diaryl/α,β-unsaturated/α-hetero) is 2. The van der Waals surface area contributed by atoms with Gasteiger partial charge in [0.15, 0.2) is 11.5 Å². The van der Waals surface area contributed by atoms with Gasteiger partial charge in [-0.15, -0.1) is 0 Å². The third-order valence-electron chi connectivity index (χ3n) is 26.2. The van der Waals surface area contributed by atoms with Crippen LogP contribution >= 0.6 is 0 Å². The van der Waals surface area contributed by atoms with Crippen molar-refractivity contribution < 1.29 is 60.9 Å². The highest BCUT2D eigenvalue weighted by Crippen LogP contribution is 2.46. The van der Waals surface area contributed by atoms with Crippen molar-refractivity contribution in [3.63, 3.8) is 0 Å². The number of morpholine rings is 1. The minimum Gasteiger partial charge on any atom is -0.486 e. The number of aryl methyl sites for hydroxylation is 1. The molecule has 0 saturated carbocycles. The van der Waals surface area contributed by atoms with Gasteiger partial charge < -0.3 is 86.9 Å². The number of benzene rings is 11. The van der Waals surface area contributed by atoms with Gasteiger partial charge in [0.1, 0.15) is 30.6 Å². The van der Waals surface area contributed by atoms with E-state index in [4.69, 9.17) is 29.2 Å². The first-order valence-electron chi connectivity index (χ1n) is 50.1. The number of sulfonamides is 1. The number of hydrogen-bond acceptors (Lipinski definition) is 22. The maximum Gasteiger partial charge on any atom is 0.238 e. The van der Waals surface area contributed by atoms with Crippen LogP contribution < -0.4 is 78.0 Å². The van der Waals surface area contributed by atoms with Gasteiger partial charge in [-0.05, 0) is 168 Å². The lowest BCUT2D eigenvalue weighted by molar-refractivity contribution is -0.119. The van der Waals surface area contributed by atoms with E-state index in [-0.39, 0.29) is 76.5 Å². The van der Waals surface area contributed by atoms with Gasteiger partial charge >= 0.3 is 0 Å². The van der Waals surface area contributed by atoms with Gasteiger partial charge in [0.2, 0.25) is 39.6 Å². The number of carbonyl (C=O) groups is 7. The van der Waals surface area contributed by atoms with Crippen molar-refractivity contribution in [2.24, 2.45) is 12.2 Å². The van der Waals surface area contributed by atoms with E-state index in [1.54, 1.807) is 19.1 Å². The van der Waals surface area contributed by atoms with E-state index < -0.39 is 10.0 Å². The van der Waals surface area contributed by atoms with Crippen molar-refractivity contribution in [3.05, 3.63) is 283 Å². The molecule has 0 bridgehead atoms. The van der Waals surface area contributed by atoms with Crippen LogP contribution in [0.15, 0.2) is 266 Å². The average molecular weight is 2000 g/mol. The molecule has 0 spiro atoms. The van der Waals surface area contributed by atoms with Crippen LogP contribution in [-0.4, -0.2) is 158 Å². The number of ether oxygens (including phenoxy) is 4. The summed E-state index contributed by atoms with van der Waals surface area (Å²) in [5.74, 6) is 3.04. The Morgan fingerprint density at radius 3 is 1.41 bits per heavy atom. The van der Waals surface area contributed by atoms with Crippen LogP contribution in [0, 0.1) is 0 Å². The van der Waals surface area contributed by atoms with Crippen LogP contribution in [0.5, 0.6) is 11.5 Å². The summed E-state index contributed by atoms with van der Waals surface area (Å²) in [6, 6.07) is 81.5. The van der Waals surface area contributed by atoms with Crippen LogP contribution in [0.3, 0.4) is 0 Å². The molecule has 1 saturated heterocycles. The van der Waals surface area contributed by atoms with Crippen molar-refractivity contribution in [2.75, 3.05) is 116 Å². The highest BCUT2D eigenvalue weighted by Gasteiger charge is 2.31. The number of rotatable bonds is 16. The van der Waals surface area contributed by atoms with Crippen molar-refractivity contribution in [1.82, 2.24) is 19.3 Å². The molecule has 0 radical (unpaired) electrons. The molecule has 8 aliphatic heterocycles. The smallest absolute Gasteiger partial charge is 0.238 e. The number of hydrogen-bond donors (Lipinski definition) is 12. The Kier molecular flexibility index (Phi) is 32.6. The quantitative estimate of drug-likeness (QED) is 0.0400. The lowest BCUT2D eigenvalue weighted by Crippen LogP contribution is -2.36. The molecule has 14 aromatic rings. The average Bonchev–Trinajstić information content (AvgIpc) is 2.06. The van der Waals surface area contributed by atoms with Gasteiger partial charge in [-0.1, -0.05) is 170 Å². The van der Waals surface area contributed by atoms with Crippen LogP contribution in [0.2, 0.25) is 0 Å². The second-order valence-corrected chi connectivity index (χ2v) is 39.8.